The van der Waals surface area contributed by atoms with E-state index in [9.17, 15) is 9.59 Å². The first-order chi connectivity index (χ1) is 12.2. The maximum atomic E-state index is 12.8. The molecule has 2 aromatic carbocycles. The molecule has 0 bridgehead atoms. The van der Waals surface area contributed by atoms with Crippen LogP contribution in [0.3, 0.4) is 0 Å². The van der Waals surface area contributed by atoms with Crippen molar-refractivity contribution in [2.45, 2.75) is 31.9 Å². The molecule has 3 rings (SSSR count). The molecule has 25 heavy (non-hydrogen) atoms. The minimum Gasteiger partial charge on any atom is -0.444 e. The number of para-hydroxylation sites is 1. The fourth-order valence-corrected chi connectivity index (χ4v) is 3.55. The predicted molar refractivity (Wildman–Crippen MR) is 106 cm³/mol. The molecule has 0 N–H and O–H groups in total. The molecule has 1 amide bonds. The highest BCUT2D eigenvalue weighted by atomic mass is 127. The smallest absolute Gasteiger partial charge is 0.414 e. The predicted octanol–water partition coefficient (Wildman–Crippen LogP) is 5.00. The summed E-state index contributed by atoms with van der Waals surface area (Å²) in [5, 5.41) is 0. The van der Waals surface area contributed by atoms with E-state index in [1.54, 1.807) is 11.0 Å². The van der Waals surface area contributed by atoms with Crippen molar-refractivity contribution >= 4 is 40.2 Å². The number of carbonyl (C=O) groups is 2. The third kappa shape index (κ3) is 4.21. The van der Waals surface area contributed by atoms with Crippen LogP contribution in [0.4, 0.5) is 10.5 Å². The number of amides is 1. The first-order valence-corrected chi connectivity index (χ1v) is 9.91. The standard InChI is InChI=1S/C20H20INO3/c21-12-6-9-16-13-19(23)17-10-4-5-11-18(17)22(16)20(24)25-14-15-7-2-1-3-8-15/h1-5,7-8,10-11,16H,6,9,12-14H2. The number of anilines is 1. The number of ketones is 1. The van der Waals surface area contributed by atoms with Gasteiger partial charge in [0.25, 0.3) is 0 Å². The number of carbonyl (C=O) groups excluding carboxylic acids is 2. The highest BCUT2D eigenvalue weighted by molar-refractivity contribution is 14.1. The highest BCUT2D eigenvalue weighted by Crippen LogP contribution is 2.33. The van der Waals surface area contributed by atoms with E-state index in [0.717, 1.165) is 22.8 Å². The monoisotopic (exact) mass is 449 g/mol. The molecule has 5 heteroatoms. The van der Waals surface area contributed by atoms with Gasteiger partial charge >= 0.3 is 6.09 Å². The lowest BCUT2D eigenvalue weighted by atomic mass is 9.92. The number of fused-ring (bicyclic) bond motifs is 1. The molecule has 1 heterocycles. The normalized spacial score (nSPS) is 16.4. The van der Waals surface area contributed by atoms with Crippen molar-refractivity contribution in [2.75, 3.05) is 9.33 Å². The second-order valence-corrected chi connectivity index (χ2v) is 7.12. The number of nitrogens with zero attached hydrogens (tertiary/aromatic N) is 1. The first-order valence-electron chi connectivity index (χ1n) is 8.39. The van der Waals surface area contributed by atoms with Crippen LogP contribution >= 0.6 is 22.6 Å². The van der Waals surface area contributed by atoms with E-state index < -0.39 is 0 Å². The van der Waals surface area contributed by atoms with Gasteiger partial charge in [-0.25, -0.2) is 4.79 Å². The van der Waals surface area contributed by atoms with E-state index in [1.165, 1.54) is 0 Å². The van der Waals surface area contributed by atoms with Crippen LogP contribution in [-0.2, 0) is 11.3 Å². The van der Waals surface area contributed by atoms with Crippen LogP contribution in [0.5, 0.6) is 0 Å². The molecule has 130 valence electrons. The summed E-state index contributed by atoms with van der Waals surface area (Å²) in [6, 6.07) is 16.8. The Morgan fingerprint density at radius 2 is 1.84 bits per heavy atom. The molecule has 1 aliphatic heterocycles. The van der Waals surface area contributed by atoms with Crippen LogP contribution in [-0.4, -0.2) is 22.3 Å². The van der Waals surface area contributed by atoms with Crippen molar-refractivity contribution in [2.24, 2.45) is 0 Å². The second-order valence-electron chi connectivity index (χ2n) is 6.04. The Balaban J connectivity index is 1.82. The summed E-state index contributed by atoms with van der Waals surface area (Å²) in [4.78, 5) is 26.9. The SMILES string of the molecule is O=C1CC(CCCI)N(C(=O)OCc2ccccc2)c2ccccc21. The topological polar surface area (TPSA) is 46.6 Å². The summed E-state index contributed by atoms with van der Waals surface area (Å²) in [5.74, 6) is 0.0983. The minimum absolute atomic E-state index is 0.0983. The van der Waals surface area contributed by atoms with Gasteiger partial charge in [0.2, 0.25) is 0 Å². The van der Waals surface area contributed by atoms with Crippen molar-refractivity contribution in [1.29, 1.82) is 0 Å². The Bertz CT molecular complexity index is 748. The number of Topliss-reactive ketones (excluding diaryl/α,β-unsaturated/α-hetero) is 1. The Hall–Kier alpha value is -1.89. The number of hydrogen-bond acceptors (Lipinski definition) is 3. The van der Waals surface area contributed by atoms with Gasteiger partial charge in [0, 0.05) is 18.0 Å². The van der Waals surface area contributed by atoms with Gasteiger partial charge in [-0.2, -0.15) is 0 Å². The van der Waals surface area contributed by atoms with Gasteiger partial charge in [0.05, 0.1) is 5.69 Å². The van der Waals surface area contributed by atoms with E-state index in [-0.39, 0.29) is 24.5 Å². The lowest BCUT2D eigenvalue weighted by Crippen LogP contribution is -2.45. The molecule has 0 aliphatic carbocycles. The van der Waals surface area contributed by atoms with E-state index in [0.29, 0.717) is 17.7 Å². The Kier molecular flexibility index (Phi) is 6.07. The van der Waals surface area contributed by atoms with Crippen molar-refractivity contribution in [3.05, 3.63) is 65.7 Å². The third-order valence-electron chi connectivity index (χ3n) is 4.32. The van der Waals surface area contributed by atoms with E-state index in [1.807, 2.05) is 48.5 Å². The molecule has 0 radical (unpaired) electrons. The first kappa shape index (κ1) is 17.9. The molecule has 1 atom stereocenters. The Labute approximate surface area is 161 Å². The number of ether oxygens (including phenoxy) is 1. The van der Waals surface area contributed by atoms with Gasteiger partial charge in [0.15, 0.2) is 5.78 Å². The Morgan fingerprint density at radius 1 is 1.12 bits per heavy atom. The van der Waals surface area contributed by atoms with Gasteiger partial charge in [-0.1, -0.05) is 65.1 Å². The lowest BCUT2D eigenvalue weighted by molar-refractivity contribution is 0.0959. The molecule has 4 nitrogen and oxygen atoms in total. The Morgan fingerprint density at radius 3 is 2.60 bits per heavy atom. The molecule has 2 aromatic rings. The fourth-order valence-electron chi connectivity index (χ4n) is 3.11. The average Bonchev–Trinajstić information content (AvgIpc) is 2.65. The molecule has 0 saturated heterocycles. The summed E-state index contributed by atoms with van der Waals surface area (Å²) in [6.07, 6.45) is 1.72. The maximum Gasteiger partial charge on any atom is 0.414 e. The zero-order valence-corrected chi connectivity index (χ0v) is 16.0. The van der Waals surface area contributed by atoms with Gasteiger partial charge in [-0.3, -0.25) is 9.69 Å². The number of alkyl halides is 1. The molecule has 0 saturated carbocycles. The van der Waals surface area contributed by atoms with Crippen LogP contribution in [0.25, 0.3) is 0 Å². The summed E-state index contributed by atoms with van der Waals surface area (Å²) >= 11 is 2.32. The number of benzene rings is 2. The molecule has 0 aromatic heterocycles. The third-order valence-corrected chi connectivity index (χ3v) is 5.09. The minimum atomic E-state index is -0.387. The van der Waals surface area contributed by atoms with Crippen molar-refractivity contribution in [1.82, 2.24) is 0 Å². The van der Waals surface area contributed by atoms with Crippen molar-refractivity contribution < 1.29 is 14.3 Å². The fraction of sp³-hybridized carbons (Fsp3) is 0.300. The highest BCUT2D eigenvalue weighted by Gasteiger charge is 2.35. The van der Waals surface area contributed by atoms with E-state index in [4.69, 9.17) is 4.74 Å². The van der Waals surface area contributed by atoms with Gasteiger partial charge in [-0.15, -0.1) is 0 Å². The maximum absolute atomic E-state index is 12.8. The summed E-state index contributed by atoms with van der Waals surface area (Å²) in [7, 11) is 0. The average molecular weight is 449 g/mol. The lowest BCUT2D eigenvalue weighted by Gasteiger charge is -2.35. The van der Waals surface area contributed by atoms with Crippen molar-refractivity contribution in [3.8, 4) is 0 Å². The number of halogens is 1. The molecule has 1 unspecified atom stereocenters. The number of rotatable bonds is 5. The van der Waals surface area contributed by atoms with Gasteiger partial charge < -0.3 is 4.74 Å². The largest absolute Gasteiger partial charge is 0.444 e. The molecule has 0 spiro atoms. The van der Waals surface area contributed by atoms with E-state index >= 15 is 0 Å². The van der Waals surface area contributed by atoms with Crippen LogP contribution in [0.15, 0.2) is 54.6 Å². The zero-order chi connectivity index (χ0) is 17.6. The van der Waals surface area contributed by atoms with Crippen LogP contribution in [0.1, 0.15) is 35.2 Å². The van der Waals surface area contributed by atoms with Crippen LogP contribution in [0.2, 0.25) is 0 Å². The molecule has 0 fully saturated rings. The summed E-state index contributed by atoms with van der Waals surface area (Å²) in [5.41, 5.74) is 2.21. The molecular weight excluding hydrogens is 429 g/mol. The zero-order valence-electron chi connectivity index (χ0n) is 13.9. The van der Waals surface area contributed by atoms with Crippen LogP contribution in [0, 0.1) is 0 Å². The van der Waals surface area contributed by atoms with Gasteiger partial charge in [-0.05, 0) is 35.0 Å². The molecular formula is C20H20INO3. The van der Waals surface area contributed by atoms with Crippen LogP contribution < -0.4 is 4.90 Å². The summed E-state index contributed by atoms with van der Waals surface area (Å²) < 4.78 is 6.54. The van der Waals surface area contributed by atoms with Crippen molar-refractivity contribution in [3.63, 3.8) is 0 Å². The van der Waals surface area contributed by atoms with E-state index in [2.05, 4.69) is 22.6 Å². The van der Waals surface area contributed by atoms with Gasteiger partial charge in [0.1, 0.15) is 6.61 Å². The number of hydrogen-bond donors (Lipinski definition) is 0. The quantitative estimate of drug-likeness (QED) is 0.477. The summed E-state index contributed by atoms with van der Waals surface area (Å²) in [6.45, 7) is 0.227. The second kappa shape index (κ2) is 8.47. The molecule has 1 aliphatic rings.